The highest BCUT2D eigenvalue weighted by Gasteiger charge is 2.42. The molecule has 1 aromatic carbocycles. The monoisotopic (exact) mass is 306 g/mol. The topological polar surface area (TPSA) is 20.2 Å². The molecule has 0 heterocycles. The number of benzene rings is 1. The Bertz CT molecular complexity index is 449. The zero-order valence-corrected chi connectivity index (χ0v) is 13.6. The highest BCUT2D eigenvalue weighted by Crippen LogP contribution is 2.45. The lowest BCUT2D eigenvalue weighted by Crippen LogP contribution is -2.46. The summed E-state index contributed by atoms with van der Waals surface area (Å²) in [4.78, 5) is 0. The van der Waals surface area contributed by atoms with Crippen LogP contribution in [0.4, 0.5) is 0 Å². The van der Waals surface area contributed by atoms with Gasteiger partial charge in [0.05, 0.1) is 5.60 Å². The van der Waals surface area contributed by atoms with Crippen LogP contribution < -0.4 is 0 Å². The first-order valence-corrected chi connectivity index (χ1v) is 9.02. The summed E-state index contributed by atoms with van der Waals surface area (Å²) in [5.41, 5.74) is 0.735. The Kier molecular flexibility index (Phi) is 4.91. The Morgan fingerprint density at radius 3 is 2.33 bits per heavy atom. The van der Waals surface area contributed by atoms with Gasteiger partial charge in [0.1, 0.15) is 0 Å². The molecule has 2 fully saturated rings. The van der Waals surface area contributed by atoms with Gasteiger partial charge in [-0.2, -0.15) is 0 Å². The SMILES string of the molecule is OC1(Cc2ccc(Cl)cc2)CCCCC1C1CCCCC1. The van der Waals surface area contributed by atoms with Crippen LogP contribution in [0, 0.1) is 11.8 Å². The Morgan fingerprint density at radius 2 is 1.62 bits per heavy atom. The summed E-state index contributed by atoms with van der Waals surface area (Å²) in [5.74, 6) is 1.25. The fourth-order valence-electron chi connectivity index (χ4n) is 4.64. The van der Waals surface area contributed by atoms with E-state index in [1.807, 2.05) is 12.1 Å². The van der Waals surface area contributed by atoms with E-state index < -0.39 is 5.60 Å². The van der Waals surface area contributed by atoms with Crippen molar-refractivity contribution in [2.75, 3.05) is 0 Å². The Hall–Kier alpha value is -0.530. The van der Waals surface area contributed by atoms with Gasteiger partial charge < -0.3 is 5.11 Å². The molecule has 0 amide bonds. The summed E-state index contributed by atoms with van der Waals surface area (Å²) >= 11 is 5.98. The molecule has 0 bridgehead atoms. The van der Waals surface area contributed by atoms with Crippen LogP contribution in [0.5, 0.6) is 0 Å². The molecule has 2 aliphatic rings. The quantitative estimate of drug-likeness (QED) is 0.794. The van der Waals surface area contributed by atoms with E-state index in [0.29, 0.717) is 5.92 Å². The van der Waals surface area contributed by atoms with Crippen molar-refractivity contribution in [1.29, 1.82) is 0 Å². The van der Waals surface area contributed by atoms with Gasteiger partial charge in [-0.1, -0.05) is 68.7 Å². The molecule has 2 saturated carbocycles. The van der Waals surface area contributed by atoms with Gasteiger partial charge in [0.2, 0.25) is 0 Å². The van der Waals surface area contributed by atoms with Gasteiger partial charge in [-0.3, -0.25) is 0 Å². The molecule has 3 rings (SSSR count). The van der Waals surface area contributed by atoms with E-state index >= 15 is 0 Å². The number of hydrogen-bond donors (Lipinski definition) is 1. The highest BCUT2D eigenvalue weighted by molar-refractivity contribution is 6.30. The van der Waals surface area contributed by atoms with Gasteiger partial charge in [-0.05, 0) is 42.4 Å². The molecular weight excluding hydrogens is 280 g/mol. The van der Waals surface area contributed by atoms with Crippen molar-refractivity contribution >= 4 is 11.6 Å². The maximum Gasteiger partial charge on any atom is 0.0718 e. The van der Waals surface area contributed by atoms with E-state index in [1.54, 1.807) is 0 Å². The predicted octanol–water partition coefficient (Wildman–Crippen LogP) is 5.38. The number of hydrogen-bond acceptors (Lipinski definition) is 1. The van der Waals surface area contributed by atoms with Gasteiger partial charge in [0.15, 0.2) is 0 Å². The molecule has 0 aromatic heterocycles. The minimum atomic E-state index is -0.492. The van der Waals surface area contributed by atoms with E-state index in [-0.39, 0.29) is 0 Å². The van der Waals surface area contributed by atoms with Crippen LogP contribution >= 0.6 is 11.6 Å². The largest absolute Gasteiger partial charge is 0.389 e. The van der Waals surface area contributed by atoms with Crippen molar-refractivity contribution in [2.45, 2.75) is 69.8 Å². The third kappa shape index (κ3) is 3.63. The molecule has 116 valence electrons. The molecule has 0 aliphatic heterocycles. The van der Waals surface area contributed by atoms with Gasteiger partial charge >= 0.3 is 0 Å². The molecule has 0 saturated heterocycles. The molecule has 21 heavy (non-hydrogen) atoms. The number of halogens is 1. The second-order valence-electron chi connectivity index (χ2n) is 7.16. The Balaban J connectivity index is 1.75. The molecule has 0 radical (unpaired) electrons. The summed E-state index contributed by atoms with van der Waals surface area (Å²) in [6.07, 6.45) is 12.2. The van der Waals surface area contributed by atoms with E-state index in [0.717, 1.165) is 23.8 Å². The van der Waals surface area contributed by atoms with E-state index in [4.69, 9.17) is 11.6 Å². The fourth-order valence-corrected chi connectivity index (χ4v) is 4.76. The zero-order chi connectivity index (χ0) is 14.7. The van der Waals surface area contributed by atoms with Crippen LogP contribution in [-0.2, 0) is 6.42 Å². The average molecular weight is 307 g/mol. The average Bonchev–Trinajstić information content (AvgIpc) is 2.51. The molecule has 2 atom stereocenters. The van der Waals surface area contributed by atoms with E-state index in [1.165, 1.54) is 56.9 Å². The van der Waals surface area contributed by atoms with Crippen molar-refractivity contribution in [2.24, 2.45) is 11.8 Å². The van der Waals surface area contributed by atoms with E-state index in [9.17, 15) is 5.11 Å². The van der Waals surface area contributed by atoms with Gasteiger partial charge in [-0.15, -0.1) is 0 Å². The maximum absolute atomic E-state index is 11.4. The van der Waals surface area contributed by atoms with Gasteiger partial charge in [0.25, 0.3) is 0 Å². The maximum atomic E-state index is 11.4. The van der Waals surface area contributed by atoms with Crippen molar-refractivity contribution in [3.63, 3.8) is 0 Å². The van der Waals surface area contributed by atoms with Gasteiger partial charge in [0, 0.05) is 11.4 Å². The second kappa shape index (κ2) is 6.71. The minimum Gasteiger partial charge on any atom is -0.389 e. The first-order chi connectivity index (χ1) is 10.2. The molecular formula is C19H27ClO. The van der Waals surface area contributed by atoms with Crippen molar-refractivity contribution in [1.82, 2.24) is 0 Å². The van der Waals surface area contributed by atoms with Crippen LogP contribution in [0.15, 0.2) is 24.3 Å². The summed E-state index contributed by atoms with van der Waals surface area (Å²) in [7, 11) is 0. The smallest absolute Gasteiger partial charge is 0.0718 e. The molecule has 0 spiro atoms. The fraction of sp³-hybridized carbons (Fsp3) is 0.684. The first-order valence-electron chi connectivity index (χ1n) is 8.64. The second-order valence-corrected chi connectivity index (χ2v) is 7.59. The third-order valence-electron chi connectivity index (χ3n) is 5.71. The highest BCUT2D eigenvalue weighted by atomic mass is 35.5. The lowest BCUT2D eigenvalue weighted by Gasteiger charge is -2.45. The lowest BCUT2D eigenvalue weighted by atomic mass is 9.64. The van der Waals surface area contributed by atoms with Crippen molar-refractivity contribution in [3.8, 4) is 0 Å². The van der Waals surface area contributed by atoms with Crippen LogP contribution in [0.1, 0.15) is 63.4 Å². The normalized spacial score (nSPS) is 31.2. The molecule has 1 nitrogen and oxygen atoms in total. The molecule has 1 aromatic rings. The molecule has 2 heteroatoms. The van der Waals surface area contributed by atoms with Gasteiger partial charge in [-0.25, -0.2) is 0 Å². The summed E-state index contributed by atoms with van der Waals surface area (Å²) in [6.45, 7) is 0. The van der Waals surface area contributed by atoms with Crippen LogP contribution in [0.25, 0.3) is 0 Å². The first kappa shape index (κ1) is 15.4. The standard InChI is InChI=1S/C19H27ClO/c20-17-11-9-15(10-12-17)14-19(21)13-5-4-8-18(19)16-6-2-1-3-7-16/h9-12,16,18,21H,1-8,13-14H2. The third-order valence-corrected chi connectivity index (χ3v) is 5.96. The molecule has 1 N–H and O–H groups in total. The molecule has 2 aliphatic carbocycles. The summed E-state index contributed by atoms with van der Waals surface area (Å²) in [5, 5.41) is 12.1. The predicted molar refractivity (Wildman–Crippen MR) is 88.6 cm³/mol. The van der Waals surface area contributed by atoms with Crippen LogP contribution in [-0.4, -0.2) is 10.7 Å². The minimum absolute atomic E-state index is 0.492. The molecule has 2 unspecified atom stereocenters. The van der Waals surface area contributed by atoms with Crippen molar-refractivity contribution in [3.05, 3.63) is 34.9 Å². The number of rotatable bonds is 3. The summed E-state index contributed by atoms with van der Waals surface area (Å²) in [6, 6.07) is 8.04. The van der Waals surface area contributed by atoms with E-state index in [2.05, 4.69) is 12.1 Å². The number of aliphatic hydroxyl groups is 1. The lowest BCUT2D eigenvalue weighted by molar-refractivity contribution is -0.0766. The van der Waals surface area contributed by atoms with Crippen molar-refractivity contribution < 1.29 is 5.11 Å². The van der Waals surface area contributed by atoms with Crippen LogP contribution in [0.3, 0.4) is 0 Å². The zero-order valence-electron chi connectivity index (χ0n) is 12.9. The summed E-state index contributed by atoms with van der Waals surface area (Å²) < 4.78 is 0. The Morgan fingerprint density at radius 1 is 0.952 bits per heavy atom. The van der Waals surface area contributed by atoms with Crippen LogP contribution in [0.2, 0.25) is 5.02 Å². The Labute approximate surface area is 133 Å².